The maximum Gasteiger partial charge on any atom is 0.380 e. The molecule has 1 aliphatic rings. The van der Waals surface area contributed by atoms with Gasteiger partial charge < -0.3 is 23.6 Å². The minimum Gasteiger partial charge on any atom is -0.419 e. The maximum absolute atomic E-state index is 5.93. The van der Waals surface area contributed by atoms with Crippen LogP contribution in [0.25, 0.3) is 0 Å². The first kappa shape index (κ1) is 23.2. The van der Waals surface area contributed by atoms with E-state index in [1.807, 2.05) is 19.1 Å². The van der Waals surface area contributed by atoms with E-state index in [4.69, 9.17) is 23.6 Å². The fourth-order valence-corrected chi connectivity index (χ4v) is 3.09. The van der Waals surface area contributed by atoms with Crippen LogP contribution in [0.15, 0.2) is 24.8 Å². The van der Waals surface area contributed by atoms with Crippen molar-refractivity contribution in [2.75, 3.05) is 27.6 Å². The van der Waals surface area contributed by atoms with Gasteiger partial charge in [-0.1, -0.05) is 25.2 Å². The first-order chi connectivity index (χ1) is 11.9. The summed E-state index contributed by atoms with van der Waals surface area (Å²) in [6.07, 6.45) is 7.58. The molecule has 144 valence electrons. The van der Waals surface area contributed by atoms with E-state index >= 15 is 0 Å². The van der Waals surface area contributed by atoms with Crippen LogP contribution in [-0.2, 0) is 23.6 Å². The van der Waals surface area contributed by atoms with Gasteiger partial charge in [0.25, 0.3) is 0 Å². The van der Waals surface area contributed by atoms with Crippen molar-refractivity contribution in [3.63, 3.8) is 0 Å². The van der Waals surface area contributed by atoms with Crippen molar-refractivity contribution in [3.05, 3.63) is 24.8 Å². The Morgan fingerprint density at radius 1 is 1.40 bits per heavy atom. The molecule has 0 N–H and O–H groups in total. The van der Waals surface area contributed by atoms with E-state index in [-0.39, 0.29) is 42.5 Å². The van der Waals surface area contributed by atoms with Gasteiger partial charge in [0.15, 0.2) is 0 Å². The normalized spacial score (nSPS) is 26.4. The van der Waals surface area contributed by atoms with Gasteiger partial charge in [-0.05, 0) is 19.8 Å². The lowest BCUT2D eigenvalue weighted by Crippen LogP contribution is -2.40. The first-order valence-corrected chi connectivity index (χ1v) is 9.72. The molecule has 0 radical (unpaired) electrons. The molecule has 0 saturated carbocycles. The fourth-order valence-electron chi connectivity index (χ4n) is 2.92. The Morgan fingerprint density at radius 3 is 2.68 bits per heavy atom. The van der Waals surface area contributed by atoms with Gasteiger partial charge >= 0.3 is 5.91 Å². The van der Waals surface area contributed by atoms with E-state index < -0.39 is 0 Å². The maximum atomic E-state index is 5.93. The van der Waals surface area contributed by atoms with Crippen molar-refractivity contribution in [3.8, 4) is 0 Å². The summed E-state index contributed by atoms with van der Waals surface area (Å²) < 4.78 is 28.2. The van der Waals surface area contributed by atoms with E-state index in [9.17, 15) is 0 Å². The van der Waals surface area contributed by atoms with Gasteiger partial charge in [-0.2, -0.15) is 12.5 Å². The van der Waals surface area contributed by atoms with Crippen molar-refractivity contribution in [2.24, 2.45) is 5.92 Å². The van der Waals surface area contributed by atoms with Crippen molar-refractivity contribution in [1.29, 1.82) is 0 Å². The van der Waals surface area contributed by atoms with Crippen LogP contribution in [0.3, 0.4) is 0 Å². The van der Waals surface area contributed by atoms with Gasteiger partial charge in [0.2, 0.25) is 0 Å². The summed E-state index contributed by atoms with van der Waals surface area (Å²) in [7, 11) is 5.80. The largest absolute Gasteiger partial charge is 0.419 e. The average molecular weight is 390 g/mol. The highest BCUT2D eigenvalue weighted by molar-refractivity contribution is 8.23. The predicted octanol–water partition coefficient (Wildman–Crippen LogP) is 3.11. The Morgan fingerprint density at radius 2 is 2.12 bits per heavy atom. The van der Waals surface area contributed by atoms with Gasteiger partial charge in [-0.3, -0.25) is 0 Å². The van der Waals surface area contributed by atoms with Crippen molar-refractivity contribution in [1.82, 2.24) is 0 Å². The summed E-state index contributed by atoms with van der Waals surface area (Å²) in [6.45, 7) is 8.59. The zero-order chi connectivity index (χ0) is 18.9. The number of methoxy groups -OCH3 is 2. The third-order valence-electron chi connectivity index (χ3n) is 4.31. The minimum absolute atomic E-state index is 0.0330. The van der Waals surface area contributed by atoms with Crippen LogP contribution in [-0.4, -0.2) is 57.4 Å². The molecule has 0 aliphatic carbocycles. The van der Waals surface area contributed by atoms with Crippen LogP contribution in [0, 0.1) is 5.92 Å². The third-order valence-corrected chi connectivity index (χ3v) is 4.66. The lowest BCUT2D eigenvalue weighted by molar-refractivity contribution is -0.130. The highest BCUT2D eigenvalue weighted by Crippen LogP contribution is 2.44. The van der Waals surface area contributed by atoms with Crippen LogP contribution in [0.5, 0.6) is 0 Å². The van der Waals surface area contributed by atoms with Gasteiger partial charge in [-0.15, -0.1) is 15.7 Å². The summed E-state index contributed by atoms with van der Waals surface area (Å²) >= 11 is 4.22. The number of thiol groups is 1. The smallest absolute Gasteiger partial charge is 0.380 e. The van der Waals surface area contributed by atoms with Crippen LogP contribution in [0.2, 0.25) is 0 Å². The Labute approximate surface area is 160 Å². The molecule has 5 nitrogen and oxygen atoms in total. The van der Waals surface area contributed by atoms with Gasteiger partial charge in [-0.25, -0.2) is 0 Å². The summed E-state index contributed by atoms with van der Waals surface area (Å²) in [5.74, 6) is -0.0855. The summed E-state index contributed by atoms with van der Waals surface area (Å²) in [5.41, 5.74) is -0.323. The number of epoxide rings is 1. The Kier molecular flexibility index (Phi) is 10.9. The molecule has 0 amide bonds. The molecule has 0 spiro atoms. The zero-order valence-corrected chi connectivity index (χ0v) is 17.8. The summed E-state index contributed by atoms with van der Waals surface area (Å²) in [5, 5.41) is 0. The molecule has 1 unspecified atom stereocenters. The molecule has 0 aromatic carbocycles. The van der Waals surface area contributed by atoms with Crippen molar-refractivity contribution >= 4 is 27.5 Å². The standard InChI is InChI=1S/C17H32BO5PS/c1-6-7-8-9-10-14(20-5)15(21-12-19-4)13(2)16-17(3,23-16)11-22-18(24)25/h6,9-10,13-16,25H,1,7-8,11-12,24H2,2-5H3/t13-,14-,15-,16+,17-/m0/s1. The molecule has 0 bridgehead atoms. The molecule has 1 aliphatic heterocycles. The van der Waals surface area contributed by atoms with Crippen molar-refractivity contribution < 1.29 is 23.6 Å². The molecule has 0 aromatic rings. The molecule has 1 heterocycles. The number of hydrogen-bond donors (Lipinski definition) is 1. The summed E-state index contributed by atoms with van der Waals surface area (Å²) in [6, 6.07) is 0. The Hall–Kier alpha value is 0.125. The third kappa shape index (κ3) is 7.71. The van der Waals surface area contributed by atoms with Crippen LogP contribution < -0.4 is 0 Å². The number of allylic oxidation sites excluding steroid dienone is 2. The minimum atomic E-state index is -0.323. The molecule has 25 heavy (non-hydrogen) atoms. The second-order valence-electron chi connectivity index (χ2n) is 6.44. The fraction of sp³-hybridized carbons (Fsp3) is 0.765. The molecule has 6 atom stereocenters. The van der Waals surface area contributed by atoms with E-state index in [1.165, 1.54) is 0 Å². The highest BCUT2D eigenvalue weighted by atomic mass is 32.1. The van der Waals surface area contributed by atoms with E-state index in [0.717, 1.165) is 12.8 Å². The van der Waals surface area contributed by atoms with E-state index in [1.54, 1.807) is 14.2 Å². The molecular formula is C17H32BO5PS. The zero-order valence-electron chi connectivity index (χ0n) is 15.7. The molecule has 1 saturated heterocycles. The molecular weight excluding hydrogens is 358 g/mol. The molecule has 0 aromatic heterocycles. The van der Waals surface area contributed by atoms with Gasteiger partial charge in [0, 0.05) is 20.1 Å². The lowest BCUT2D eigenvalue weighted by atomic mass is 9.90. The molecule has 8 heteroatoms. The second-order valence-corrected chi connectivity index (χ2v) is 8.12. The number of ether oxygens (including phenoxy) is 4. The van der Waals surface area contributed by atoms with Crippen molar-refractivity contribution in [2.45, 2.75) is 50.6 Å². The van der Waals surface area contributed by atoms with E-state index in [2.05, 4.69) is 41.2 Å². The lowest BCUT2D eigenvalue weighted by Gasteiger charge is -2.29. The average Bonchev–Trinajstić information content (AvgIpc) is 3.27. The van der Waals surface area contributed by atoms with Gasteiger partial charge in [0.05, 0.1) is 18.8 Å². The Balaban J connectivity index is 2.72. The van der Waals surface area contributed by atoms with Crippen LogP contribution in [0.1, 0.15) is 26.7 Å². The van der Waals surface area contributed by atoms with E-state index in [0.29, 0.717) is 6.61 Å². The highest BCUT2D eigenvalue weighted by Gasteiger charge is 2.57. The van der Waals surface area contributed by atoms with Gasteiger partial charge in [0.1, 0.15) is 18.5 Å². The Bertz CT molecular complexity index is 426. The topological polar surface area (TPSA) is 49.5 Å². The quantitative estimate of drug-likeness (QED) is 0.0940. The predicted molar refractivity (Wildman–Crippen MR) is 109 cm³/mol. The molecule has 1 fully saturated rings. The monoisotopic (exact) mass is 390 g/mol. The second kappa shape index (κ2) is 11.8. The van der Waals surface area contributed by atoms with Crippen LogP contribution in [0.4, 0.5) is 0 Å². The first-order valence-electron chi connectivity index (χ1n) is 8.53. The van der Waals surface area contributed by atoms with Crippen LogP contribution >= 0.6 is 21.6 Å². The molecule has 1 rings (SSSR count). The number of rotatable bonds is 14. The summed E-state index contributed by atoms with van der Waals surface area (Å²) in [4.78, 5) is 0. The number of unbranched alkanes of at least 4 members (excludes halogenated alkanes) is 1. The SMILES string of the molecule is C=CCCC=C[C@H](OC)[C@@H](OCOC)[C@H](C)[C@H]1O[C@@]1(C)COB(P)S. The number of hydrogen-bond acceptors (Lipinski definition) is 6.